The molecule has 27 heavy (non-hydrogen) atoms. The van der Waals surface area contributed by atoms with Crippen LogP contribution in [0, 0.1) is 10.8 Å². The van der Waals surface area contributed by atoms with E-state index in [2.05, 4.69) is 10.3 Å². The zero-order valence-electron chi connectivity index (χ0n) is 15.2. The number of β-amino-alcohol motifs (C(OH)–C–C–N with tert-alkyl or cyclic N) is 1. The standard InChI is InChI=1S/C20H24N6O/c1-24-11-15(10-21)13-2-3-18(22)17(8-13)20(23)14-4-6-25-19(9-14)26-7-5-16(27)12-26/h2-4,6,8-11,16,21,23-24,27H,5,7,12,22H2,1H3/b15-11+,21-10?,23-20?/t16-/m1/s1. The summed E-state index contributed by atoms with van der Waals surface area (Å²) in [6, 6.07) is 9.06. The second kappa shape index (κ2) is 8.01. The third-order valence-electron chi connectivity index (χ3n) is 4.63. The average Bonchev–Trinajstić information content (AvgIpc) is 3.12. The van der Waals surface area contributed by atoms with Gasteiger partial charge >= 0.3 is 0 Å². The minimum absolute atomic E-state index is 0.298. The lowest BCUT2D eigenvalue weighted by atomic mass is 9.97. The zero-order valence-corrected chi connectivity index (χ0v) is 15.2. The highest BCUT2D eigenvalue weighted by molar-refractivity contribution is 6.15. The molecule has 6 N–H and O–H groups in total. The molecule has 140 valence electrons. The predicted molar refractivity (Wildman–Crippen MR) is 110 cm³/mol. The fourth-order valence-corrected chi connectivity index (χ4v) is 3.17. The van der Waals surface area contributed by atoms with Crippen LogP contribution in [0.5, 0.6) is 0 Å². The Hall–Kier alpha value is -3.19. The molecule has 7 nitrogen and oxygen atoms in total. The Morgan fingerprint density at radius 3 is 2.81 bits per heavy atom. The van der Waals surface area contributed by atoms with Crippen molar-refractivity contribution in [3.05, 3.63) is 59.4 Å². The number of rotatable bonds is 6. The van der Waals surface area contributed by atoms with Gasteiger partial charge in [-0.3, -0.25) is 5.41 Å². The summed E-state index contributed by atoms with van der Waals surface area (Å²) in [6.07, 6.45) is 5.06. The molecular formula is C20H24N6O. The van der Waals surface area contributed by atoms with E-state index < -0.39 is 0 Å². The molecular weight excluding hydrogens is 340 g/mol. The van der Waals surface area contributed by atoms with E-state index in [-0.39, 0.29) is 6.10 Å². The monoisotopic (exact) mass is 364 g/mol. The number of anilines is 2. The smallest absolute Gasteiger partial charge is 0.129 e. The Kier molecular flexibility index (Phi) is 5.52. The summed E-state index contributed by atoms with van der Waals surface area (Å²) in [6.45, 7) is 1.30. The molecule has 1 atom stereocenters. The van der Waals surface area contributed by atoms with Crippen molar-refractivity contribution in [3.63, 3.8) is 0 Å². The molecule has 1 aliphatic heterocycles. The van der Waals surface area contributed by atoms with E-state index in [1.54, 1.807) is 31.6 Å². The maximum Gasteiger partial charge on any atom is 0.129 e. The summed E-state index contributed by atoms with van der Waals surface area (Å²) in [5.74, 6) is 0.749. The maximum absolute atomic E-state index is 9.75. The number of aliphatic hydroxyl groups is 1. The van der Waals surface area contributed by atoms with E-state index in [0.717, 1.165) is 24.3 Å². The Morgan fingerprint density at radius 2 is 2.15 bits per heavy atom. The van der Waals surface area contributed by atoms with Gasteiger partial charge in [0, 0.05) is 61.1 Å². The van der Waals surface area contributed by atoms with Crippen LogP contribution in [-0.2, 0) is 0 Å². The summed E-state index contributed by atoms with van der Waals surface area (Å²) >= 11 is 0. The molecule has 0 unspecified atom stereocenters. The van der Waals surface area contributed by atoms with E-state index >= 15 is 0 Å². The van der Waals surface area contributed by atoms with Gasteiger partial charge in [0.1, 0.15) is 5.82 Å². The third-order valence-corrected chi connectivity index (χ3v) is 4.63. The summed E-state index contributed by atoms with van der Waals surface area (Å²) in [5, 5.41) is 28.9. The van der Waals surface area contributed by atoms with Gasteiger partial charge in [-0.2, -0.15) is 0 Å². The van der Waals surface area contributed by atoms with Crippen LogP contribution in [0.25, 0.3) is 5.57 Å². The van der Waals surface area contributed by atoms with Crippen LogP contribution in [0.1, 0.15) is 23.1 Å². The molecule has 1 fully saturated rings. The topological polar surface area (TPSA) is 122 Å². The number of hydrogen-bond donors (Lipinski definition) is 5. The van der Waals surface area contributed by atoms with Crippen molar-refractivity contribution in [2.24, 2.45) is 0 Å². The number of pyridine rings is 1. The fourth-order valence-electron chi connectivity index (χ4n) is 3.17. The molecule has 0 amide bonds. The Morgan fingerprint density at radius 1 is 1.33 bits per heavy atom. The number of aliphatic hydroxyl groups excluding tert-OH is 1. The molecule has 0 bridgehead atoms. The van der Waals surface area contributed by atoms with E-state index in [9.17, 15) is 5.11 Å². The minimum atomic E-state index is -0.333. The van der Waals surface area contributed by atoms with E-state index in [0.29, 0.717) is 34.6 Å². The number of nitrogens with one attached hydrogen (secondary N) is 3. The second-order valence-electron chi connectivity index (χ2n) is 6.50. The quantitative estimate of drug-likeness (QED) is 0.396. The first-order valence-electron chi connectivity index (χ1n) is 8.79. The van der Waals surface area contributed by atoms with Crippen LogP contribution in [-0.4, -0.2) is 48.3 Å². The van der Waals surface area contributed by atoms with Crippen molar-refractivity contribution in [1.29, 1.82) is 10.8 Å². The van der Waals surface area contributed by atoms with E-state index in [1.165, 1.54) is 6.21 Å². The van der Waals surface area contributed by atoms with Crippen molar-refractivity contribution in [2.45, 2.75) is 12.5 Å². The van der Waals surface area contributed by atoms with Crippen LogP contribution in [0.4, 0.5) is 11.5 Å². The number of allylic oxidation sites excluding steroid dienone is 1. The Balaban J connectivity index is 1.94. The number of nitrogens with zero attached hydrogens (tertiary/aromatic N) is 2. The molecule has 0 radical (unpaired) electrons. The molecule has 1 aliphatic rings. The molecule has 1 aromatic carbocycles. The van der Waals surface area contributed by atoms with Crippen molar-refractivity contribution in [1.82, 2.24) is 10.3 Å². The molecule has 0 spiro atoms. The first-order valence-corrected chi connectivity index (χ1v) is 8.79. The van der Waals surface area contributed by atoms with Gasteiger partial charge in [-0.15, -0.1) is 0 Å². The van der Waals surface area contributed by atoms with Gasteiger partial charge in [-0.05, 0) is 36.2 Å². The molecule has 7 heteroatoms. The van der Waals surface area contributed by atoms with Gasteiger partial charge in [-0.1, -0.05) is 6.07 Å². The minimum Gasteiger partial charge on any atom is -0.398 e. The highest BCUT2D eigenvalue weighted by Gasteiger charge is 2.22. The normalized spacial score (nSPS) is 17.0. The summed E-state index contributed by atoms with van der Waals surface area (Å²) in [5.41, 5.74) is 9.76. The average molecular weight is 364 g/mol. The van der Waals surface area contributed by atoms with E-state index in [4.69, 9.17) is 16.6 Å². The van der Waals surface area contributed by atoms with Gasteiger partial charge in [0.2, 0.25) is 0 Å². The summed E-state index contributed by atoms with van der Waals surface area (Å²) in [4.78, 5) is 6.40. The largest absolute Gasteiger partial charge is 0.398 e. The van der Waals surface area contributed by atoms with E-state index in [1.807, 2.05) is 23.1 Å². The van der Waals surface area contributed by atoms with Crippen molar-refractivity contribution in [3.8, 4) is 0 Å². The first-order chi connectivity index (χ1) is 13.0. The molecule has 2 aromatic rings. The summed E-state index contributed by atoms with van der Waals surface area (Å²) in [7, 11) is 1.78. The van der Waals surface area contributed by atoms with Crippen LogP contribution in [0.3, 0.4) is 0 Å². The molecule has 0 saturated carbocycles. The lowest BCUT2D eigenvalue weighted by Gasteiger charge is -2.18. The molecule has 0 aliphatic carbocycles. The van der Waals surface area contributed by atoms with Crippen LogP contribution in [0.2, 0.25) is 0 Å². The van der Waals surface area contributed by atoms with Gasteiger partial charge in [0.25, 0.3) is 0 Å². The Bertz CT molecular complexity index is 892. The highest BCUT2D eigenvalue weighted by Crippen LogP contribution is 2.24. The molecule has 1 saturated heterocycles. The maximum atomic E-state index is 9.75. The highest BCUT2D eigenvalue weighted by atomic mass is 16.3. The van der Waals surface area contributed by atoms with Crippen molar-refractivity contribution < 1.29 is 5.11 Å². The number of hydrogen-bond acceptors (Lipinski definition) is 7. The van der Waals surface area contributed by atoms with Crippen LogP contribution < -0.4 is 16.0 Å². The Labute approximate surface area is 158 Å². The third kappa shape index (κ3) is 3.98. The lowest BCUT2D eigenvalue weighted by molar-refractivity contribution is 0.198. The van der Waals surface area contributed by atoms with Gasteiger partial charge < -0.3 is 26.5 Å². The number of benzene rings is 1. The van der Waals surface area contributed by atoms with Gasteiger partial charge in [-0.25, -0.2) is 4.98 Å². The SMILES string of the molecule is CN/C=C(\C=N)c1ccc(N)c(C(=N)c2ccnc(N3CC[C@@H](O)C3)c2)c1. The van der Waals surface area contributed by atoms with Crippen molar-refractivity contribution in [2.75, 3.05) is 30.8 Å². The summed E-state index contributed by atoms with van der Waals surface area (Å²) < 4.78 is 0. The fraction of sp³-hybridized carbons (Fsp3) is 0.250. The number of nitrogens with two attached hydrogens (primary N) is 1. The molecule has 3 rings (SSSR count). The predicted octanol–water partition coefficient (Wildman–Crippen LogP) is 1.86. The van der Waals surface area contributed by atoms with Crippen LogP contribution >= 0.6 is 0 Å². The van der Waals surface area contributed by atoms with Crippen molar-refractivity contribution >= 4 is 29.0 Å². The first kappa shape index (κ1) is 18.6. The number of nitrogen functional groups attached to an aromatic ring is 1. The van der Waals surface area contributed by atoms with Crippen LogP contribution in [0.15, 0.2) is 42.7 Å². The number of aromatic nitrogens is 1. The van der Waals surface area contributed by atoms with Gasteiger partial charge in [0.15, 0.2) is 0 Å². The molecule has 1 aromatic heterocycles. The van der Waals surface area contributed by atoms with Gasteiger partial charge in [0.05, 0.1) is 11.8 Å². The lowest BCUT2D eigenvalue weighted by Crippen LogP contribution is -2.22. The zero-order chi connectivity index (χ0) is 19.4. The molecule has 2 heterocycles. The second-order valence-corrected chi connectivity index (χ2v) is 6.50.